The molecule has 21 heavy (non-hydrogen) atoms. The summed E-state index contributed by atoms with van der Waals surface area (Å²) in [5.41, 5.74) is 2.24. The maximum absolute atomic E-state index is 12.7. The van der Waals surface area contributed by atoms with E-state index in [0.717, 1.165) is 24.5 Å². The van der Waals surface area contributed by atoms with Crippen LogP contribution in [-0.2, 0) is 27.9 Å². The summed E-state index contributed by atoms with van der Waals surface area (Å²) < 4.78 is 12.5. The molecule has 1 saturated carbocycles. The number of hydrogen-bond donors (Lipinski definition) is 0. The van der Waals surface area contributed by atoms with Crippen molar-refractivity contribution in [3.05, 3.63) is 17.5 Å². The summed E-state index contributed by atoms with van der Waals surface area (Å²) in [4.78, 5) is 14.7. The first-order chi connectivity index (χ1) is 10.2. The number of rotatable bonds is 3. The van der Waals surface area contributed by atoms with E-state index in [9.17, 15) is 4.79 Å². The Morgan fingerprint density at radius 2 is 2.24 bits per heavy atom. The van der Waals surface area contributed by atoms with Crippen LogP contribution in [0.4, 0.5) is 0 Å². The molecule has 3 aliphatic rings. The first-order valence-electron chi connectivity index (χ1n) is 7.57. The Morgan fingerprint density at radius 1 is 1.48 bits per heavy atom. The normalized spacial score (nSPS) is 33.7. The van der Waals surface area contributed by atoms with Crippen molar-refractivity contribution in [2.45, 2.75) is 12.5 Å². The first kappa shape index (κ1) is 13.3. The van der Waals surface area contributed by atoms with Crippen LogP contribution in [0.25, 0.3) is 0 Å². The Morgan fingerprint density at radius 3 is 2.95 bits per heavy atom. The Hall–Kier alpha value is -1.40. The average Bonchev–Trinajstić information content (AvgIpc) is 2.82. The third-order valence-electron chi connectivity index (χ3n) is 5.04. The van der Waals surface area contributed by atoms with Crippen LogP contribution in [0.5, 0.6) is 0 Å². The van der Waals surface area contributed by atoms with Gasteiger partial charge in [-0.25, -0.2) is 0 Å². The molecule has 2 unspecified atom stereocenters. The van der Waals surface area contributed by atoms with E-state index in [2.05, 4.69) is 5.10 Å². The van der Waals surface area contributed by atoms with Crippen molar-refractivity contribution in [3.63, 3.8) is 0 Å². The van der Waals surface area contributed by atoms with Gasteiger partial charge in [-0.2, -0.15) is 5.10 Å². The topological polar surface area (TPSA) is 56.6 Å². The van der Waals surface area contributed by atoms with Crippen LogP contribution < -0.4 is 0 Å². The summed E-state index contributed by atoms with van der Waals surface area (Å²) in [5, 5.41) is 4.54. The third kappa shape index (κ3) is 2.08. The molecule has 0 N–H and O–H groups in total. The minimum Gasteiger partial charge on any atom is -0.384 e. The predicted molar refractivity (Wildman–Crippen MR) is 74.5 cm³/mol. The second kappa shape index (κ2) is 4.81. The molecule has 3 heterocycles. The van der Waals surface area contributed by atoms with Crippen LogP contribution >= 0.6 is 0 Å². The summed E-state index contributed by atoms with van der Waals surface area (Å²) >= 11 is 0. The molecule has 0 bridgehead atoms. The highest BCUT2D eigenvalue weighted by molar-refractivity contribution is 5.83. The summed E-state index contributed by atoms with van der Waals surface area (Å²) in [5.74, 6) is 1.60. The van der Waals surface area contributed by atoms with E-state index in [4.69, 9.17) is 9.47 Å². The number of carbonyl (C=O) groups is 1. The van der Waals surface area contributed by atoms with Gasteiger partial charge in [0.2, 0.25) is 5.91 Å². The molecular formula is C15H21N3O3. The number of fused-ring (bicyclic) bond motifs is 2. The molecule has 4 atom stereocenters. The lowest BCUT2D eigenvalue weighted by atomic mass is 9.96. The Labute approximate surface area is 124 Å². The molecule has 4 rings (SSSR count). The van der Waals surface area contributed by atoms with Gasteiger partial charge < -0.3 is 14.4 Å². The average molecular weight is 291 g/mol. The number of aromatic nitrogens is 2. The molecule has 0 radical (unpaired) electrons. The number of hydrogen-bond acceptors (Lipinski definition) is 4. The quantitative estimate of drug-likeness (QED) is 0.808. The fourth-order valence-electron chi connectivity index (χ4n) is 3.96. The second-order valence-electron chi connectivity index (χ2n) is 6.48. The van der Waals surface area contributed by atoms with Crippen LogP contribution in [0, 0.1) is 17.8 Å². The minimum atomic E-state index is 0.179. The molecule has 6 heteroatoms. The van der Waals surface area contributed by atoms with E-state index < -0.39 is 0 Å². The lowest BCUT2D eigenvalue weighted by molar-refractivity contribution is -0.135. The maximum atomic E-state index is 12.7. The van der Waals surface area contributed by atoms with Gasteiger partial charge >= 0.3 is 0 Å². The van der Waals surface area contributed by atoms with Crippen molar-refractivity contribution in [3.8, 4) is 0 Å². The highest BCUT2D eigenvalue weighted by Gasteiger charge is 2.59. The largest absolute Gasteiger partial charge is 0.384 e. The Balaban J connectivity index is 1.53. The smallest absolute Gasteiger partial charge is 0.226 e. The number of aryl methyl sites for hydroxylation is 1. The standard InChI is InChI=1S/C15H21N3O3/c1-17-3-9-4-18(5-10(6-20-2)14(9)16-17)15(19)13-11-7-21-8-12(11)13/h3,10-13H,4-8H2,1-2H3/t10?,11-,12+,13?. The van der Waals surface area contributed by atoms with Crippen LogP contribution in [0.1, 0.15) is 17.2 Å². The van der Waals surface area contributed by atoms with E-state index in [1.54, 1.807) is 7.11 Å². The molecule has 1 aromatic rings. The SMILES string of the molecule is COCC1CN(C(=O)C2[C@H]3COC[C@@H]23)Cc2cn(C)nc21. The van der Waals surface area contributed by atoms with Gasteiger partial charge in [0, 0.05) is 50.8 Å². The fourth-order valence-corrected chi connectivity index (χ4v) is 3.96. The van der Waals surface area contributed by atoms with Crippen molar-refractivity contribution < 1.29 is 14.3 Å². The van der Waals surface area contributed by atoms with Gasteiger partial charge in [0.1, 0.15) is 0 Å². The number of amides is 1. The molecule has 6 nitrogen and oxygen atoms in total. The van der Waals surface area contributed by atoms with Crippen LogP contribution in [0.15, 0.2) is 6.20 Å². The predicted octanol–water partition coefficient (Wildman–Crippen LogP) is 0.385. The Kier molecular flexibility index (Phi) is 3.04. The number of carbonyl (C=O) groups excluding carboxylic acids is 1. The van der Waals surface area contributed by atoms with Gasteiger partial charge in [-0.05, 0) is 11.8 Å². The summed E-state index contributed by atoms with van der Waals surface area (Å²) in [6.45, 7) is 3.52. The third-order valence-corrected chi connectivity index (χ3v) is 5.04. The van der Waals surface area contributed by atoms with Crippen LogP contribution in [0.2, 0.25) is 0 Å². The van der Waals surface area contributed by atoms with E-state index >= 15 is 0 Å². The highest BCUT2D eigenvalue weighted by atomic mass is 16.5. The van der Waals surface area contributed by atoms with Gasteiger partial charge in [0.05, 0.1) is 25.5 Å². The summed E-state index contributed by atoms with van der Waals surface area (Å²) in [6.07, 6.45) is 2.02. The van der Waals surface area contributed by atoms with E-state index in [1.807, 2.05) is 22.8 Å². The van der Waals surface area contributed by atoms with E-state index in [1.165, 1.54) is 0 Å². The summed E-state index contributed by atoms with van der Waals surface area (Å²) in [6, 6.07) is 0. The van der Waals surface area contributed by atoms with Crippen molar-refractivity contribution in [1.29, 1.82) is 0 Å². The van der Waals surface area contributed by atoms with Gasteiger partial charge in [0.15, 0.2) is 0 Å². The molecule has 0 aromatic carbocycles. The molecule has 2 fully saturated rings. The van der Waals surface area contributed by atoms with Gasteiger partial charge in [-0.15, -0.1) is 0 Å². The monoisotopic (exact) mass is 291 g/mol. The van der Waals surface area contributed by atoms with Crippen molar-refractivity contribution in [2.75, 3.05) is 33.5 Å². The number of nitrogens with zero attached hydrogens (tertiary/aromatic N) is 3. The number of methoxy groups -OCH3 is 1. The molecule has 2 aliphatic heterocycles. The molecule has 1 saturated heterocycles. The minimum absolute atomic E-state index is 0.179. The van der Waals surface area contributed by atoms with Gasteiger partial charge in [0.25, 0.3) is 0 Å². The zero-order valence-corrected chi connectivity index (χ0v) is 12.5. The summed E-state index contributed by atoms with van der Waals surface area (Å²) in [7, 11) is 3.63. The molecule has 1 aromatic heterocycles. The maximum Gasteiger partial charge on any atom is 0.226 e. The van der Waals surface area contributed by atoms with Crippen molar-refractivity contribution >= 4 is 5.91 Å². The molecular weight excluding hydrogens is 270 g/mol. The van der Waals surface area contributed by atoms with E-state index in [0.29, 0.717) is 37.4 Å². The lowest BCUT2D eigenvalue weighted by Gasteiger charge is -2.32. The lowest BCUT2D eigenvalue weighted by Crippen LogP contribution is -2.41. The fraction of sp³-hybridized carbons (Fsp3) is 0.733. The first-order valence-corrected chi connectivity index (χ1v) is 7.57. The van der Waals surface area contributed by atoms with Crippen LogP contribution in [-0.4, -0.2) is 54.1 Å². The molecule has 1 amide bonds. The molecule has 114 valence electrons. The second-order valence-corrected chi connectivity index (χ2v) is 6.48. The zero-order valence-electron chi connectivity index (χ0n) is 12.5. The molecule has 0 spiro atoms. The zero-order chi connectivity index (χ0) is 14.6. The van der Waals surface area contributed by atoms with E-state index in [-0.39, 0.29) is 11.8 Å². The molecule has 1 aliphatic carbocycles. The van der Waals surface area contributed by atoms with Crippen molar-refractivity contribution in [1.82, 2.24) is 14.7 Å². The van der Waals surface area contributed by atoms with Crippen LogP contribution in [0.3, 0.4) is 0 Å². The van der Waals surface area contributed by atoms with Gasteiger partial charge in [-0.1, -0.05) is 0 Å². The number of ether oxygens (including phenoxy) is 2. The highest BCUT2D eigenvalue weighted by Crippen LogP contribution is 2.52. The van der Waals surface area contributed by atoms with Gasteiger partial charge in [-0.3, -0.25) is 9.48 Å². The Bertz CT molecular complexity index is 561. The van der Waals surface area contributed by atoms with Crippen molar-refractivity contribution in [2.24, 2.45) is 24.8 Å².